The highest BCUT2D eigenvalue weighted by Crippen LogP contribution is 2.46. The minimum Gasteiger partial charge on any atom is -0.455 e. The highest BCUT2D eigenvalue weighted by Gasteiger charge is 2.22. The number of hydrogen-bond acceptors (Lipinski definition) is 3. The molecular formula is C56H35NO2. The van der Waals surface area contributed by atoms with Crippen molar-refractivity contribution in [3.63, 3.8) is 0 Å². The first-order valence-corrected chi connectivity index (χ1v) is 20.1. The number of fused-ring (bicyclic) bond motifs is 10. The first-order chi connectivity index (χ1) is 29.3. The van der Waals surface area contributed by atoms with Gasteiger partial charge in [-0.2, -0.15) is 0 Å². The van der Waals surface area contributed by atoms with Crippen LogP contribution in [0.4, 0.5) is 17.1 Å². The average Bonchev–Trinajstić information content (AvgIpc) is 3.90. The summed E-state index contributed by atoms with van der Waals surface area (Å²) in [4.78, 5) is 2.32. The number of furan rings is 2. The number of para-hydroxylation sites is 2. The smallest absolute Gasteiger partial charge is 0.159 e. The molecule has 0 spiro atoms. The Kier molecular flexibility index (Phi) is 7.54. The molecule has 0 N–H and O–H groups in total. The Morgan fingerprint density at radius 1 is 0.305 bits per heavy atom. The monoisotopic (exact) mass is 753 g/mol. The lowest BCUT2D eigenvalue weighted by Gasteiger charge is -2.26. The summed E-state index contributed by atoms with van der Waals surface area (Å²) < 4.78 is 13.8. The first kappa shape index (κ1) is 33.3. The van der Waals surface area contributed by atoms with Crippen molar-refractivity contribution in [1.29, 1.82) is 0 Å². The van der Waals surface area contributed by atoms with Gasteiger partial charge in [0, 0.05) is 44.0 Å². The van der Waals surface area contributed by atoms with Crippen LogP contribution in [0.5, 0.6) is 0 Å². The fourth-order valence-electron chi connectivity index (χ4n) is 9.11. The number of benzene rings is 10. The molecule has 276 valence electrons. The summed E-state index contributed by atoms with van der Waals surface area (Å²) in [5.74, 6) is 0. The van der Waals surface area contributed by atoms with Crippen molar-refractivity contribution in [3.8, 4) is 33.4 Å². The molecule has 0 saturated carbocycles. The van der Waals surface area contributed by atoms with Gasteiger partial charge >= 0.3 is 0 Å². The van der Waals surface area contributed by atoms with Crippen LogP contribution in [0, 0.1) is 0 Å². The van der Waals surface area contributed by atoms with Gasteiger partial charge in [0.25, 0.3) is 0 Å². The van der Waals surface area contributed by atoms with Crippen molar-refractivity contribution in [1.82, 2.24) is 0 Å². The second-order valence-electron chi connectivity index (χ2n) is 15.2. The van der Waals surface area contributed by atoms with Gasteiger partial charge in [0.15, 0.2) is 5.58 Å². The minimum atomic E-state index is 0.849. The molecular weight excluding hydrogens is 719 g/mol. The molecule has 0 saturated heterocycles. The molecule has 0 aliphatic rings. The zero-order valence-corrected chi connectivity index (χ0v) is 32.0. The zero-order chi connectivity index (χ0) is 38.9. The molecule has 2 aromatic heterocycles. The summed E-state index contributed by atoms with van der Waals surface area (Å²) in [6, 6.07) is 75.4. The third-order valence-electron chi connectivity index (χ3n) is 11.8. The van der Waals surface area contributed by atoms with Gasteiger partial charge in [0.05, 0.1) is 5.69 Å². The molecule has 10 aromatic carbocycles. The van der Waals surface area contributed by atoms with E-state index >= 15 is 0 Å². The molecule has 0 radical (unpaired) electrons. The summed E-state index contributed by atoms with van der Waals surface area (Å²) in [5.41, 5.74) is 13.2. The lowest BCUT2D eigenvalue weighted by Crippen LogP contribution is -2.10. The highest BCUT2D eigenvalue weighted by atomic mass is 16.3. The molecule has 0 bridgehead atoms. The standard InChI is InChI=1S/C56H35NO2/c1-3-14-36(15-4-1)40-20-11-21-43(34-40)57(50-27-13-26-47-52-44-22-9-7-18-38(44)30-33-51(52)58-55(47)50)42-31-28-39(29-32-42)46-24-12-25-48-53-45-23-10-8-19-41(45)35-49(56(53)59-54(46)48)37-16-5-2-6-17-37/h1-35H. The van der Waals surface area contributed by atoms with Crippen LogP contribution >= 0.6 is 0 Å². The van der Waals surface area contributed by atoms with Crippen LogP contribution in [0.3, 0.4) is 0 Å². The third kappa shape index (κ3) is 5.36. The lowest BCUT2D eigenvalue weighted by molar-refractivity contribution is 0.669. The molecule has 0 unspecified atom stereocenters. The van der Waals surface area contributed by atoms with E-state index in [1.807, 2.05) is 0 Å². The van der Waals surface area contributed by atoms with Gasteiger partial charge in [0.2, 0.25) is 0 Å². The van der Waals surface area contributed by atoms with Gasteiger partial charge in [-0.1, -0.05) is 170 Å². The fourth-order valence-corrected chi connectivity index (χ4v) is 9.11. The Bertz CT molecular complexity index is 3540. The maximum absolute atomic E-state index is 6.99. The quantitative estimate of drug-likeness (QED) is 0.169. The van der Waals surface area contributed by atoms with Crippen LogP contribution in [0.15, 0.2) is 221 Å². The maximum Gasteiger partial charge on any atom is 0.159 e. The second-order valence-corrected chi connectivity index (χ2v) is 15.2. The van der Waals surface area contributed by atoms with E-state index in [0.29, 0.717) is 0 Å². The minimum absolute atomic E-state index is 0.849. The van der Waals surface area contributed by atoms with Crippen molar-refractivity contribution in [2.24, 2.45) is 0 Å². The number of hydrogen-bond donors (Lipinski definition) is 0. The zero-order valence-electron chi connectivity index (χ0n) is 32.0. The van der Waals surface area contributed by atoms with Crippen molar-refractivity contribution in [2.45, 2.75) is 0 Å². The van der Waals surface area contributed by atoms with E-state index in [2.05, 4.69) is 217 Å². The Labute approximate surface area is 340 Å². The van der Waals surface area contributed by atoms with Gasteiger partial charge in [-0.05, 0) is 86.3 Å². The third-order valence-corrected chi connectivity index (χ3v) is 11.8. The lowest BCUT2D eigenvalue weighted by atomic mass is 9.95. The van der Waals surface area contributed by atoms with E-state index in [9.17, 15) is 0 Å². The van der Waals surface area contributed by atoms with E-state index in [-0.39, 0.29) is 0 Å². The Morgan fingerprint density at radius 2 is 0.915 bits per heavy atom. The van der Waals surface area contributed by atoms with Gasteiger partial charge < -0.3 is 13.7 Å². The van der Waals surface area contributed by atoms with E-state index in [4.69, 9.17) is 8.83 Å². The van der Waals surface area contributed by atoms with Crippen LogP contribution < -0.4 is 4.90 Å². The van der Waals surface area contributed by atoms with Crippen LogP contribution in [0.25, 0.3) is 98.8 Å². The molecule has 0 aliphatic carbocycles. The van der Waals surface area contributed by atoms with Gasteiger partial charge in [-0.15, -0.1) is 0 Å². The molecule has 0 fully saturated rings. The molecule has 3 nitrogen and oxygen atoms in total. The molecule has 3 heteroatoms. The predicted molar refractivity (Wildman–Crippen MR) is 247 cm³/mol. The molecule has 59 heavy (non-hydrogen) atoms. The Balaban J connectivity index is 1.04. The van der Waals surface area contributed by atoms with E-state index in [0.717, 1.165) is 88.8 Å². The van der Waals surface area contributed by atoms with Crippen LogP contribution in [0.1, 0.15) is 0 Å². The number of rotatable bonds is 6. The van der Waals surface area contributed by atoms with Crippen molar-refractivity contribution in [3.05, 3.63) is 212 Å². The largest absolute Gasteiger partial charge is 0.455 e. The SMILES string of the molecule is c1ccc(-c2cccc(N(c3ccc(-c4cccc5c4oc4c(-c6ccccc6)cc6ccccc6c45)cc3)c3cccc4c3oc3ccc5ccccc5c34)c2)cc1. The summed E-state index contributed by atoms with van der Waals surface area (Å²) in [6.07, 6.45) is 0. The van der Waals surface area contributed by atoms with Crippen molar-refractivity contribution >= 4 is 82.5 Å². The molecule has 12 aromatic rings. The summed E-state index contributed by atoms with van der Waals surface area (Å²) in [5, 5.41) is 9.25. The van der Waals surface area contributed by atoms with Crippen molar-refractivity contribution in [2.75, 3.05) is 4.90 Å². The molecule has 0 aliphatic heterocycles. The molecule has 0 amide bonds. The van der Waals surface area contributed by atoms with E-state index < -0.39 is 0 Å². The van der Waals surface area contributed by atoms with Crippen LogP contribution in [-0.4, -0.2) is 0 Å². The highest BCUT2D eigenvalue weighted by molar-refractivity contribution is 6.24. The van der Waals surface area contributed by atoms with Gasteiger partial charge in [-0.3, -0.25) is 0 Å². The summed E-state index contributed by atoms with van der Waals surface area (Å²) in [7, 11) is 0. The molecule has 12 rings (SSSR count). The fraction of sp³-hybridized carbons (Fsp3) is 0. The average molecular weight is 754 g/mol. The molecule has 0 atom stereocenters. The number of anilines is 3. The van der Waals surface area contributed by atoms with Crippen LogP contribution in [0.2, 0.25) is 0 Å². The Morgan fingerprint density at radius 3 is 1.71 bits per heavy atom. The van der Waals surface area contributed by atoms with Gasteiger partial charge in [0.1, 0.15) is 16.7 Å². The van der Waals surface area contributed by atoms with E-state index in [1.165, 1.54) is 27.1 Å². The predicted octanol–water partition coefficient (Wildman–Crippen LogP) is 16.3. The van der Waals surface area contributed by atoms with Crippen molar-refractivity contribution < 1.29 is 8.83 Å². The van der Waals surface area contributed by atoms with Crippen LogP contribution in [-0.2, 0) is 0 Å². The summed E-state index contributed by atoms with van der Waals surface area (Å²) in [6.45, 7) is 0. The van der Waals surface area contributed by atoms with Gasteiger partial charge in [-0.25, -0.2) is 0 Å². The first-order valence-electron chi connectivity index (χ1n) is 20.1. The summed E-state index contributed by atoms with van der Waals surface area (Å²) >= 11 is 0. The normalized spacial score (nSPS) is 11.7. The maximum atomic E-state index is 6.99. The van der Waals surface area contributed by atoms with E-state index in [1.54, 1.807) is 0 Å². The molecule has 2 heterocycles. The topological polar surface area (TPSA) is 29.5 Å². The number of nitrogens with zero attached hydrogens (tertiary/aromatic N) is 1. The second kappa shape index (κ2) is 13.4. The Hall–Kier alpha value is -7.88.